The van der Waals surface area contributed by atoms with Gasteiger partial charge in [-0.15, -0.1) is 11.3 Å². The van der Waals surface area contributed by atoms with Crippen LogP contribution in [0.15, 0.2) is 12.1 Å². The maximum atomic E-state index is 11.2. The standard InChI is InChI=1S/C12H13NO3S/c1-3-8-4-9-11(17-8)5-10(12(15)16)13(9)6-7(2)14/h4-5H,3,6H2,1-2H3,(H,15,16). The minimum Gasteiger partial charge on any atom is -0.477 e. The number of thiophene rings is 1. The summed E-state index contributed by atoms with van der Waals surface area (Å²) in [7, 11) is 0. The van der Waals surface area contributed by atoms with Crippen molar-refractivity contribution in [3.8, 4) is 0 Å². The van der Waals surface area contributed by atoms with E-state index in [0.717, 1.165) is 16.6 Å². The van der Waals surface area contributed by atoms with Gasteiger partial charge in [-0.3, -0.25) is 4.79 Å². The second kappa shape index (κ2) is 4.33. The summed E-state index contributed by atoms with van der Waals surface area (Å²) in [4.78, 5) is 23.5. The Morgan fingerprint density at radius 2 is 2.12 bits per heavy atom. The molecule has 0 aromatic carbocycles. The zero-order chi connectivity index (χ0) is 12.6. The van der Waals surface area contributed by atoms with Gasteiger partial charge in [-0.2, -0.15) is 0 Å². The first-order chi connectivity index (χ1) is 8.02. The molecule has 2 aromatic rings. The van der Waals surface area contributed by atoms with E-state index in [9.17, 15) is 9.59 Å². The molecule has 17 heavy (non-hydrogen) atoms. The van der Waals surface area contributed by atoms with E-state index in [4.69, 9.17) is 5.11 Å². The van der Waals surface area contributed by atoms with Gasteiger partial charge in [-0.05, 0) is 25.5 Å². The Hall–Kier alpha value is -1.62. The lowest BCUT2D eigenvalue weighted by Crippen LogP contribution is -2.12. The third kappa shape index (κ3) is 2.10. The summed E-state index contributed by atoms with van der Waals surface area (Å²) in [6.45, 7) is 3.63. The molecule has 0 fully saturated rings. The molecule has 0 amide bonds. The molecule has 0 unspecified atom stereocenters. The molecule has 0 spiro atoms. The van der Waals surface area contributed by atoms with E-state index in [2.05, 4.69) is 6.92 Å². The predicted octanol–water partition coefficient (Wildman–Crippen LogP) is 2.55. The second-order valence-electron chi connectivity index (χ2n) is 3.94. The molecule has 2 heterocycles. The highest BCUT2D eigenvalue weighted by Crippen LogP contribution is 2.29. The molecule has 2 rings (SSSR count). The van der Waals surface area contributed by atoms with E-state index in [1.807, 2.05) is 6.07 Å². The Balaban J connectivity index is 2.62. The van der Waals surface area contributed by atoms with Crippen LogP contribution in [0.3, 0.4) is 0 Å². The molecule has 0 aliphatic heterocycles. The van der Waals surface area contributed by atoms with Crippen molar-refractivity contribution < 1.29 is 14.7 Å². The van der Waals surface area contributed by atoms with Crippen LogP contribution < -0.4 is 0 Å². The molecule has 0 atom stereocenters. The number of aromatic nitrogens is 1. The number of rotatable bonds is 4. The molecular formula is C12H13NO3S. The van der Waals surface area contributed by atoms with Crippen LogP contribution in [0, 0.1) is 0 Å². The van der Waals surface area contributed by atoms with Gasteiger partial charge < -0.3 is 9.67 Å². The van der Waals surface area contributed by atoms with Gasteiger partial charge in [-0.1, -0.05) is 6.92 Å². The van der Waals surface area contributed by atoms with Crippen LogP contribution in [0.5, 0.6) is 0 Å². The molecular weight excluding hydrogens is 238 g/mol. The predicted molar refractivity (Wildman–Crippen MR) is 66.8 cm³/mol. The molecule has 0 aliphatic carbocycles. The van der Waals surface area contributed by atoms with E-state index >= 15 is 0 Å². The highest BCUT2D eigenvalue weighted by Gasteiger charge is 2.17. The summed E-state index contributed by atoms with van der Waals surface area (Å²) < 4.78 is 2.51. The molecule has 0 aliphatic rings. The summed E-state index contributed by atoms with van der Waals surface area (Å²) >= 11 is 1.58. The number of aromatic carboxylic acids is 1. The number of ketones is 1. The highest BCUT2D eigenvalue weighted by molar-refractivity contribution is 7.19. The first-order valence-electron chi connectivity index (χ1n) is 5.37. The molecule has 5 heteroatoms. The zero-order valence-electron chi connectivity index (χ0n) is 9.69. The van der Waals surface area contributed by atoms with Gasteiger partial charge in [0.2, 0.25) is 0 Å². The summed E-state index contributed by atoms with van der Waals surface area (Å²) in [6.07, 6.45) is 0.918. The maximum Gasteiger partial charge on any atom is 0.352 e. The number of nitrogens with zero attached hydrogens (tertiary/aromatic N) is 1. The van der Waals surface area contributed by atoms with Crippen LogP contribution in [0.1, 0.15) is 29.2 Å². The Bertz CT molecular complexity index is 594. The molecule has 4 nitrogen and oxygen atoms in total. The minimum atomic E-state index is -0.993. The third-order valence-electron chi connectivity index (χ3n) is 2.59. The molecule has 0 saturated heterocycles. The van der Waals surface area contributed by atoms with Crippen molar-refractivity contribution in [2.45, 2.75) is 26.8 Å². The Kier molecular flexibility index (Phi) is 3.02. The summed E-state index contributed by atoms with van der Waals surface area (Å²) in [5.74, 6) is -1.04. The van der Waals surface area contributed by atoms with Crippen molar-refractivity contribution in [1.82, 2.24) is 4.57 Å². The summed E-state index contributed by atoms with van der Waals surface area (Å²) in [5.41, 5.74) is 1.03. The van der Waals surface area contributed by atoms with Crippen molar-refractivity contribution in [3.63, 3.8) is 0 Å². The number of carboxylic acid groups (broad SMARTS) is 1. The van der Waals surface area contributed by atoms with Crippen LogP contribution in [0.2, 0.25) is 0 Å². The van der Waals surface area contributed by atoms with Crippen molar-refractivity contribution in [1.29, 1.82) is 0 Å². The smallest absolute Gasteiger partial charge is 0.352 e. The van der Waals surface area contributed by atoms with E-state index in [1.165, 1.54) is 11.8 Å². The molecule has 2 aromatic heterocycles. The first kappa shape index (κ1) is 11.9. The van der Waals surface area contributed by atoms with Crippen molar-refractivity contribution in [3.05, 3.63) is 22.7 Å². The Labute approximate surface area is 102 Å². The fourth-order valence-corrected chi connectivity index (χ4v) is 2.88. The van der Waals surface area contributed by atoms with Gasteiger partial charge in [0.05, 0.1) is 16.8 Å². The lowest BCUT2D eigenvalue weighted by molar-refractivity contribution is -0.117. The van der Waals surface area contributed by atoms with Crippen molar-refractivity contribution >= 4 is 33.3 Å². The number of fused-ring (bicyclic) bond motifs is 1. The average Bonchev–Trinajstić information content (AvgIpc) is 2.76. The zero-order valence-corrected chi connectivity index (χ0v) is 10.5. The van der Waals surface area contributed by atoms with Gasteiger partial charge in [-0.25, -0.2) is 4.79 Å². The number of carbonyl (C=O) groups is 2. The van der Waals surface area contributed by atoms with E-state index in [-0.39, 0.29) is 18.0 Å². The van der Waals surface area contributed by atoms with Crippen LogP contribution in [-0.4, -0.2) is 21.4 Å². The molecule has 0 bridgehead atoms. The number of carboxylic acids is 1. The van der Waals surface area contributed by atoms with Gasteiger partial charge in [0.25, 0.3) is 0 Å². The molecule has 90 valence electrons. The number of hydrogen-bond donors (Lipinski definition) is 1. The second-order valence-corrected chi connectivity index (χ2v) is 5.11. The van der Waals surface area contributed by atoms with Gasteiger partial charge >= 0.3 is 5.97 Å². The van der Waals surface area contributed by atoms with Crippen molar-refractivity contribution in [2.24, 2.45) is 0 Å². The largest absolute Gasteiger partial charge is 0.477 e. The Morgan fingerprint density at radius 3 is 2.65 bits per heavy atom. The minimum absolute atomic E-state index is 0.0470. The summed E-state index contributed by atoms with van der Waals surface area (Å²) in [6, 6.07) is 3.61. The Morgan fingerprint density at radius 1 is 1.41 bits per heavy atom. The third-order valence-corrected chi connectivity index (χ3v) is 3.80. The van der Waals surface area contributed by atoms with Crippen LogP contribution in [-0.2, 0) is 17.8 Å². The SMILES string of the molecule is CCc1cc2c(cc(C(=O)O)n2CC(C)=O)s1. The molecule has 1 N–H and O–H groups in total. The van der Waals surface area contributed by atoms with Crippen LogP contribution >= 0.6 is 11.3 Å². The molecule has 0 radical (unpaired) electrons. The first-order valence-corrected chi connectivity index (χ1v) is 6.19. The van der Waals surface area contributed by atoms with E-state index in [1.54, 1.807) is 22.0 Å². The average molecular weight is 251 g/mol. The lowest BCUT2D eigenvalue weighted by atomic mass is 10.3. The van der Waals surface area contributed by atoms with E-state index < -0.39 is 5.97 Å². The van der Waals surface area contributed by atoms with Crippen molar-refractivity contribution in [2.75, 3.05) is 0 Å². The van der Waals surface area contributed by atoms with E-state index in [0.29, 0.717) is 0 Å². The number of aryl methyl sites for hydroxylation is 1. The van der Waals surface area contributed by atoms with Crippen LogP contribution in [0.25, 0.3) is 10.2 Å². The number of hydrogen-bond acceptors (Lipinski definition) is 3. The fourth-order valence-electron chi connectivity index (χ4n) is 1.84. The topological polar surface area (TPSA) is 59.3 Å². The maximum absolute atomic E-state index is 11.2. The monoisotopic (exact) mass is 251 g/mol. The van der Waals surface area contributed by atoms with Gasteiger partial charge in [0, 0.05) is 4.88 Å². The fraction of sp³-hybridized carbons (Fsp3) is 0.333. The number of carbonyl (C=O) groups excluding carboxylic acids is 1. The molecule has 0 saturated carbocycles. The van der Waals surface area contributed by atoms with Gasteiger partial charge in [0.15, 0.2) is 0 Å². The highest BCUT2D eigenvalue weighted by atomic mass is 32.1. The summed E-state index contributed by atoms with van der Waals surface area (Å²) in [5, 5.41) is 9.10. The number of Topliss-reactive ketones (excluding diaryl/α,β-unsaturated/α-hetero) is 1. The quantitative estimate of drug-likeness (QED) is 0.908. The normalized spacial score (nSPS) is 10.9. The van der Waals surface area contributed by atoms with Crippen LogP contribution in [0.4, 0.5) is 0 Å². The van der Waals surface area contributed by atoms with Gasteiger partial charge in [0.1, 0.15) is 11.5 Å². The lowest BCUT2D eigenvalue weighted by Gasteiger charge is -2.04.